The van der Waals surface area contributed by atoms with Crippen molar-refractivity contribution < 1.29 is 14.3 Å². The van der Waals surface area contributed by atoms with Gasteiger partial charge in [-0.2, -0.15) is 0 Å². The second-order valence-corrected chi connectivity index (χ2v) is 5.19. The second-order valence-electron chi connectivity index (χ2n) is 5.19. The van der Waals surface area contributed by atoms with Crippen LogP contribution in [-0.4, -0.2) is 60.5 Å². The highest BCUT2D eigenvalue weighted by molar-refractivity contribution is 5.79. The zero-order valence-corrected chi connectivity index (χ0v) is 11.2. The van der Waals surface area contributed by atoms with Crippen LogP contribution in [0.2, 0.25) is 0 Å². The number of amides is 1. The third-order valence-corrected chi connectivity index (χ3v) is 3.80. The average Bonchev–Trinajstić information content (AvgIpc) is 2.71. The topological polar surface area (TPSA) is 49.9 Å². The summed E-state index contributed by atoms with van der Waals surface area (Å²) in [6.45, 7) is 7.48. The first-order chi connectivity index (χ1) is 8.61. The third kappa shape index (κ3) is 2.83. The fourth-order valence-electron chi connectivity index (χ4n) is 2.84. The second kappa shape index (κ2) is 5.69. The molecule has 0 aromatic carbocycles. The standard InChI is InChI=1S/C13H22N2O3/c1-3-18-13(17)10(2)8-14-6-7-15-11(9-14)4-5-12(15)16/h10-11H,3-9H2,1-2H3. The van der Waals surface area contributed by atoms with Crippen LogP contribution in [-0.2, 0) is 14.3 Å². The zero-order chi connectivity index (χ0) is 13.1. The predicted molar refractivity (Wildman–Crippen MR) is 67.0 cm³/mol. The van der Waals surface area contributed by atoms with Crippen LogP contribution >= 0.6 is 0 Å². The quantitative estimate of drug-likeness (QED) is 0.685. The van der Waals surface area contributed by atoms with Gasteiger partial charge in [-0.25, -0.2) is 0 Å². The maximum absolute atomic E-state index is 11.6. The van der Waals surface area contributed by atoms with Gasteiger partial charge in [0.1, 0.15) is 0 Å². The summed E-state index contributed by atoms with van der Waals surface area (Å²) in [7, 11) is 0. The Morgan fingerprint density at radius 3 is 3.00 bits per heavy atom. The fourth-order valence-corrected chi connectivity index (χ4v) is 2.84. The molecular formula is C13H22N2O3. The molecule has 0 bridgehead atoms. The molecule has 2 rings (SSSR count). The maximum Gasteiger partial charge on any atom is 0.309 e. The molecule has 18 heavy (non-hydrogen) atoms. The summed E-state index contributed by atoms with van der Waals surface area (Å²) in [4.78, 5) is 27.4. The summed E-state index contributed by atoms with van der Waals surface area (Å²) in [6, 6.07) is 0.362. The van der Waals surface area contributed by atoms with Gasteiger partial charge in [-0.05, 0) is 13.3 Å². The van der Waals surface area contributed by atoms with E-state index >= 15 is 0 Å². The van der Waals surface area contributed by atoms with Gasteiger partial charge in [-0.1, -0.05) is 6.92 Å². The first-order valence-corrected chi connectivity index (χ1v) is 6.80. The molecule has 0 spiro atoms. The minimum Gasteiger partial charge on any atom is -0.466 e. The monoisotopic (exact) mass is 254 g/mol. The normalized spacial score (nSPS) is 26.0. The van der Waals surface area contributed by atoms with Crippen LogP contribution in [0.15, 0.2) is 0 Å². The minimum absolute atomic E-state index is 0.0893. The van der Waals surface area contributed by atoms with Crippen molar-refractivity contribution in [1.29, 1.82) is 0 Å². The van der Waals surface area contributed by atoms with Crippen molar-refractivity contribution in [3.8, 4) is 0 Å². The molecule has 1 amide bonds. The molecule has 0 radical (unpaired) electrons. The van der Waals surface area contributed by atoms with Crippen LogP contribution < -0.4 is 0 Å². The van der Waals surface area contributed by atoms with E-state index in [1.807, 2.05) is 18.7 Å². The summed E-state index contributed by atoms with van der Waals surface area (Å²) in [5.74, 6) is 0.0779. The molecule has 2 aliphatic heterocycles. The molecular weight excluding hydrogens is 232 g/mol. The number of nitrogens with zero attached hydrogens (tertiary/aromatic N) is 2. The first-order valence-electron chi connectivity index (χ1n) is 6.80. The van der Waals surface area contributed by atoms with Crippen molar-refractivity contribution in [1.82, 2.24) is 9.80 Å². The Labute approximate surface area is 108 Å². The minimum atomic E-state index is -0.123. The van der Waals surface area contributed by atoms with Gasteiger partial charge in [-0.15, -0.1) is 0 Å². The number of hydrogen-bond acceptors (Lipinski definition) is 4. The Kier molecular flexibility index (Phi) is 4.22. The number of hydrogen-bond donors (Lipinski definition) is 0. The summed E-state index contributed by atoms with van der Waals surface area (Å²) in [5.41, 5.74) is 0. The van der Waals surface area contributed by atoms with Gasteiger partial charge in [0, 0.05) is 38.6 Å². The highest BCUT2D eigenvalue weighted by atomic mass is 16.5. The summed E-state index contributed by atoms with van der Waals surface area (Å²) >= 11 is 0. The molecule has 0 aromatic rings. The van der Waals surface area contributed by atoms with E-state index in [1.54, 1.807) is 0 Å². The molecule has 2 atom stereocenters. The van der Waals surface area contributed by atoms with Crippen molar-refractivity contribution in [2.45, 2.75) is 32.7 Å². The van der Waals surface area contributed by atoms with Crippen molar-refractivity contribution >= 4 is 11.9 Å². The Morgan fingerprint density at radius 2 is 2.28 bits per heavy atom. The Bertz CT molecular complexity index is 332. The van der Waals surface area contributed by atoms with E-state index in [2.05, 4.69) is 4.90 Å². The lowest BCUT2D eigenvalue weighted by molar-refractivity contribution is -0.148. The lowest BCUT2D eigenvalue weighted by atomic mass is 10.1. The van der Waals surface area contributed by atoms with Crippen molar-refractivity contribution in [2.24, 2.45) is 5.92 Å². The lowest BCUT2D eigenvalue weighted by Gasteiger charge is -2.38. The molecule has 2 saturated heterocycles. The number of carbonyl (C=O) groups is 2. The lowest BCUT2D eigenvalue weighted by Crippen LogP contribution is -2.52. The number of esters is 1. The van der Waals surface area contributed by atoms with E-state index < -0.39 is 0 Å². The zero-order valence-electron chi connectivity index (χ0n) is 11.2. The summed E-state index contributed by atoms with van der Waals surface area (Å²) in [5, 5.41) is 0. The van der Waals surface area contributed by atoms with Crippen LogP contribution in [0, 0.1) is 5.92 Å². The van der Waals surface area contributed by atoms with Crippen molar-refractivity contribution in [3.63, 3.8) is 0 Å². The van der Waals surface area contributed by atoms with E-state index in [1.165, 1.54) is 0 Å². The van der Waals surface area contributed by atoms with E-state index in [-0.39, 0.29) is 17.8 Å². The van der Waals surface area contributed by atoms with Crippen LogP contribution in [0.4, 0.5) is 0 Å². The van der Waals surface area contributed by atoms with Crippen LogP contribution in [0.1, 0.15) is 26.7 Å². The molecule has 0 aliphatic carbocycles. The van der Waals surface area contributed by atoms with Gasteiger partial charge < -0.3 is 9.64 Å². The van der Waals surface area contributed by atoms with E-state index in [0.717, 1.165) is 32.6 Å². The fraction of sp³-hybridized carbons (Fsp3) is 0.846. The number of fused-ring (bicyclic) bond motifs is 1. The Balaban J connectivity index is 1.82. The molecule has 102 valence electrons. The van der Waals surface area contributed by atoms with Crippen molar-refractivity contribution in [3.05, 3.63) is 0 Å². The van der Waals surface area contributed by atoms with Crippen molar-refractivity contribution in [2.75, 3.05) is 32.8 Å². The SMILES string of the molecule is CCOC(=O)C(C)CN1CCN2C(=O)CCC2C1. The largest absolute Gasteiger partial charge is 0.466 e. The maximum atomic E-state index is 11.6. The molecule has 0 saturated carbocycles. The van der Waals surface area contributed by atoms with Crippen LogP contribution in [0.25, 0.3) is 0 Å². The number of carbonyl (C=O) groups excluding carboxylic acids is 2. The molecule has 5 heteroatoms. The molecule has 0 N–H and O–H groups in total. The smallest absolute Gasteiger partial charge is 0.309 e. The predicted octanol–water partition coefficient (Wildman–Crippen LogP) is 0.492. The number of piperazine rings is 1. The first kappa shape index (κ1) is 13.3. The Morgan fingerprint density at radius 1 is 1.50 bits per heavy atom. The summed E-state index contributed by atoms with van der Waals surface area (Å²) in [6.07, 6.45) is 1.65. The van der Waals surface area contributed by atoms with Gasteiger partial charge in [-0.3, -0.25) is 14.5 Å². The highest BCUT2D eigenvalue weighted by Gasteiger charge is 2.36. The molecule has 2 fully saturated rings. The number of rotatable bonds is 4. The third-order valence-electron chi connectivity index (χ3n) is 3.80. The number of ether oxygens (including phenoxy) is 1. The van der Waals surface area contributed by atoms with Gasteiger partial charge in [0.05, 0.1) is 12.5 Å². The summed E-state index contributed by atoms with van der Waals surface area (Å²) < 4.78 is 5.02. The average molecular weight is 254 g/mol. The molecule has 2 aliphatic rings. The van der Waals surface area contributed by atoms with Crippen LogP contribution in [0.3, 0.4) is 0 Å². The molecule has 2 unspecified atom stereocenters. The van der Waals surface area contributed by atoms with Crippen LogP contribution in [0.5, 0.6) is 0 Å². The van der Waals surface area contributed by atoms with E-state index in [4.69, 9.17) is 4.74 Å². The molecule has 5 nitrogen and oxygen atoms in total. The van der Waals surface area contributed by atoms with E-state index in [0.29, 0.717) is 19.1 Å². The van der Waals surface area contributed by atoms with Gasteiger partial charge in [0.15, 0.2) is 0 Å². The van der Waals surface area contributed by atoms with E-state index in [9.17, 15) is 9.59 Å². The van der Waals surface area contributed by atoms with Gasteiger partial charge in [0.25, 0.3) is 0 Å². The molecule has 0 aromatic heterocycles. The molecule has 2 heterocycles. The van der Waals surface area contributed by atoms with Gasteiger partial charge in [0.2, 0.25) is 5.91 Å². The van der Waals surface area contributed by atoms with Gasteiger partial charge >= 0.3 is 5.97 Å². The highest BCUT2D eigenvalue weighted by Crippen LogP contribution is 2.23. The Hall–Kier alpha value is -1.10.